The topological polar surface area (TPSA) is 178 Å². The average Bonchev–Trinajstić information content (AvgIpc) is 2.77. The Morgan fingerprint density at radius 2 is 1.86 bits per heavy atom. The fraction of sp³-hybridized carbons (Fsp3) is 0.520. The second-order valence-corrected chi connectivity index (χ2v) is 10.3. The van der Waals surface area contributed by atoms with E-state index >= 15 is 0 Å². The second-order valence-electron chi connectivity index (χ2n) is 10.3. The zero-order valence-corrected chi connectivity index (χ0v) is 20.8. The second kappa shape index (κ2) is 8.99. The molecular formula is C25H32N4O7. The number of Topliss-reactive ketones (excluding diaryl/α,β-unsaturated/α-hetero) is 2. The number of aryl methyl sites for hydroxylation is 1. The molecule has 4 rings (SSSR count). The van der Waals surface area contributed by atoms with Crippen molar-refractivity contribution in [1.82, 2.24) is 14.8 Å². The Bertz CT molecular complexity index is 1220. The van der Waals surface area contributed by atoms with Gasteiger partial charge in [-0.25, -0.2) is 0 Å². The summed E-state index contributed by atoms with van der Waals surface area (Å²) in [5.74, 6) is -6.67. The van der Waals surface area contributed by atoms with Gasteiger partial charge in [-0.3, -0.25) is 24.3 Å². The summed E-state index contributed by atoms with van der Waals surface area (Å²) < 4.78 is 0. The summed E-state index contributed by atoms with van der Waals surface area (Å²) in [6, 6.07) is -1.11. The first kappa shape index (κ1) is 25.8. The summed E-state index contributed by atoms with van der Waals surface area (Å²) in [6.45, 7) is 0.807. The fourth-order valence-corrected chi connectivity index (χ4v) is 5.97. The van der Waals surface area contributed by atoms with E-state index in [1.165, 1.54) is 11.1 Å². The minimum absolute atomic E-state index is 0.0541. The molecule has 1 aromatic heterocycles. The van der Waals surface area contributed by atoms with E-state index in [-0.39, 0.29) is 29.7 Å². The number of nitrogens with two attached hydrogens (primary N) is 1. The number of aliphatic hydroxyl groups excluding tert-OH is 2. The lowest BCUT2D eigenvalue weighted by Gasteiger charge is -2.50. The van der Waals surface area contributed by atoms with Crippen molar-refractivity contribution in [3.63, 3.8) is 0 Å². The molecule has 1 aromatic rings. The highest BCUT2D eigenvalue weighted by Crippen LogP contribution is 2.52. The van der Waals surface area contributed by atoms with Crippen molar-refractivity contribution in [1.29, 1.82) is 0 Å². The van der Waals surface area contributed by atoms with Crippen LogP contribution in [-0.4, -0.2) is 99.1 Å². The molecule has 0 saturated heterocycles. The molecule has 194 valence electrons. The molecule has 1 heterocycles. The number of rotatable bonds is 6. The van der Waals surface area contributed by atoms with Gasteiger partial charge in [-0.1, -0.05) is 0 Å². The van der Waals surface area contributed by atoms with Crippen molar-refractivity contribution in [3.05, 3.63) is 39.9 Å². The number of pyridine rings is 1. The van der Waals surface area contributed by atoms with Crippen LogP contribution in [0.3, 0.4) is 0 Å². The number of likely N-dealkylation sites (N-methyl/N-ethyl adjacent to an activating group) is 1. The monoisotopic (exact) mass is 500 g/mol. The van der Waals surface area contributed by atoms with Gasteiger partial charge in [0.25, 0.3) is 5.91 Å². The van der Waals surface area contributed by atoms with Crippen LogP contribution in [-0.2, 0) is 27.2 Å². The largest absolute Gasteiger partial charge is 0.508 e. The maximum Gasteiger partial charge on any atom is 0.255 e. The Kier molecular flexibility index (Phi) is 6.44. The van der Waals surface area contributed by atoms with Crippen molar-refractivity contribution in [2.24, 2.45) is 17.6 Å². The highest BCUT2D eigenvalue weighted by molar-refractivity contribution is 6.24. The molecule has 0 radical (unpaired) electrons. The number of carbonyl (C=O) groups is 3. The summed E-state index contributed by atoms with van der Waals surface area (Å²) in [6.07, 6.45) is 2.88. The Labute approximate surface area is 208 Å². The molecule has 1 saturated carbocycles. The predicted octanol–water partition coefficient (Wildman–Crippen LogP) is -0.147. The SMILES string of the molecule is CN(C)CCCc1ncc(O)c2c1C[C@H]1C[C@H]3[C@H](N(C)C)C(=O)C(C(N)=O)=C(O)[C@@]3(O)C(=O)C1=C2O. The van der Waals surface area contributed by atoms with Crippen LogP contribution in [0.4, 0.5) is 0 Å². The summed E-state index contributed by atoms with van der Waals surface area (Å²) >= 11 is 0. The molecule has 0 unspecified atom stereocenters. The number of nitrogens with zero attached hydrogens (tertiary/aromatic N) is 3. The zero-order chi connectivity index (χ0) is 26.7. The van der Waals surface area contributed by atoms with Crippen LogP contribution in [0, 0.1) is 11.8 Å². The lowest BCUT2D eigenvalue weighted by Crippen LogP contribution is -2.65. The normalized spacial score (nSPS) is 27.9. The van der Waals surface area contributed by atoms with Crippen LogP contribution in [0.5, 0.6) is 5.75 Å². The van der Waals surface area contributed by atoms with Gasteiger partial charge < -0.3 is 31.1 Å². The minimum atomic E-state index is -2.64. The van der Waals surface area contributed by atoms with E-state index in [4.69, 9.17) is 5.73 Å². The molecule has 1 fully saturated rings. The van der Waals surface area contributed by atoms with Crippen molar-refractivity contribution < 1.29 is 34.8 Å². The highest BCUT2D eigenvalue weighted by atomic mass is 16.3. The molecule has 36 heavy (non-hydrogen) atoms. The molecule has 11 nitrogen and oxygen atoms in total. The van der Waals surface area contributed by atoms with Crippen LogP contribution >= 0.6 is 0 Å². The van der Waals surface area contributed by atoms with Crippen molar-refractivity contribution >= 4 is 23.2 Å². The van der Waals surface area contributed by atoms with Gasteiger partial charge in [-0.05, 0) is 71.9 Å². The van der Waals surface area contributed by atoms with Crippen LogP contribution in [0.1, 0.15) is 29.7 Å². The van der Waals surface area contributed by atoms with E-state index in [1.54, 1.807) is 14.1 Å². The molecule has 3 aliphatic rings. The molecular weight excluding hydrogens is 468 g/mol. The first-order chi connectivity index (χ1) is 16.8. The van der Waals surface area contributed by atoms with Crippen molar-refractivity contribution in [3.8, 4) is 5.75 Å². The molecule has 11 heteroatoms. The molecule has 0 aliphatic heterocycles. The van der Waals surface area contributed by atoms with E-state index in [9.17, 15) is 34.8 Å². The van der Waals surface area contributed by atoms with Gasteiger partial charge >= 0.3 is 0 Å². The Balaban J connectivity index is 1.88. The van der Waals surface area contributed by atoms with E-state index in [1.807, 2.05) is 19.0 Å². The van der Waals surface area contributed by atoms with E-state index in [2.05, 4.69) is 4.98 Å². The van der Waals surface area contributed by atoms with Gasteiger partial charge in [0, 0.05) is 17.2 Å². The number of hydrogen-bond donors (Lipinski definition) is 5. The minimum Gasteiger partial charge on any atom is -0.508 e. The van der Waals surface area contributed by atoms with Gasteiger partial charge in [-0.15, -0.1) is 0 Å². The average molecular weight is 501 g/mol. The molecule has 0 bridgehead atoms. The maximum atomic E-state index is 13.8. The lowest BCUT2D eigenvalue weighted by molar-refractivity contribution is -0.153. The number of aromatic hydroxyl groups is 1. The quantitative estimate of drug-likeness (QED) is 0.330. The summed E-state index contributed by atoms with van der Waals surface area (Å²) in [5, 5.41) is 44.2. The van der Waals surface area contributed by atoms with Crippen LogP contribution in [0.15, 0.2) is 23.1 Å². The molecule has 6 N–H and O–H groups in total. The van der Waals surface area contributed by atoms with Gasteiger partial charge in [-0.2, -0.15) is 0 Å². The number of amides is 1. The van der Waals surface area contributed by atoms with Gasteiger partial charge in [0.15, 0.2) is 11.4 Å². The Hall–Kier alpha value is -3.28. The first-order valence-electron chi connectivity index (χ1n) is 11.8. The van der Waals surface area contributed by atoms with Crippen molar-refractivity contribution in [2.45, 2.75) is 37.3 Å². The van der Waals surface area contributed by atoms with Crippen LogP contribution in [0.25, 0.3) is 5.76 Å². The fourth-order valence-electron chi connectivity index (χ4n) is 5.97. The first-order valence-corrected chi connectivity index (χ1v) is 11.8. The maximum absolute atomic E-state index is 13.8. The predicted molar refractivity (Wildman–Crippen MR) is 129 cm³/mol. The number of aliphatic hydroxyl groups is 3. The third-order valence-electron chi connectivity index (χ3n) is 7.58. The number of primary amides is 1. The van der Waals surface area contributed by atoms with Gasteiger partial charge in [0.05, 0.1) is 17.8 Å². The lowest BCUT2D eigenvalue weighted by atomic mass is 9.57. The number of carbonyl (C=O) groups excluding carboxylic acids is 3. The van der Waals surface area contributed by atoms with E-state index < -0.39 is 58.0 Å². The summed E-state index contributed by atoms with van der Waals surface area (Å²) in [4.78, 5) is 46.8. The molecule has 3 aliphatic carbocycles. The van der Waals surface area contributed by atoms with Gasteiger partial charge in [0.1, 0.15) is 22.8 Å². The Morgan fingerprint density at radius 1 is 1.19 bits per heavy atom. The molecule has 1 amide bonds. The van der Waals surface area contributed by atoms with E-state index in [0.717, 1.165) is 13.0 Å². The summed E-state index contributed by atoms with van der Waals surface area (Å²) in [7, 11) is 7.04. The van der Waals surface area contributed by atoms with Crippen LogP contribution in [0.2, 0.25) is 0 Å². The molecule has 4 atom stereocenters. The number of ketones is 2. The smallest absolute Gasteiger partial charge is 0.255 e. The summed E-state index contributed by atoms with van der Waals surface area (Å²) in [5.41, 5.74) is 3.07. The Morgan fingerprint density at radius 3 is 2.44 bits per heavy atom. The third-order valence-corrected chi connectivity index (χ3v) is 7.58. The number of hydrogen-bond acceptors (Lipinski definition) is 10. The number of aromatic nitrogens is 1. The van der Waals surface area contributed by atoms with Crippen LogP contribution < -0.4 is 5.73 Å². The highest BCUT2D eigenvalue weighted by Gasteiger charge is 2.64. The standard InChI is InChI=1S/C25H32N4O7/c1-28(2)7-5-6-14-12-8-11-9-13-19(29(3)4)21(32)18(24(26)35)23(34)25(13,36)22(33)16(11)20(31)17(12)15(30)10-27-14/h10-11,13,19,30-31,34,36H,5-9H2,1-4H3,(H2,26,35)/t11-,13-,19-,25-/m0/s1. The molecule has 0 spiro atoms. The van der Waals surface area contributed by atoms with E-state index in [0.29, 0.717) is 17.7 Å². The molecule has 0 aromatic carbocycles. The third kappa shape index (κ3) is 3.69. The zero-order valence-electron chi connectivity index (χ0n) is 20.8. The number of fused-ring (bicyclic) bond motifs is 3. The van der Waals surface area contributed by atoms with Crippen molar-refractivity contribution in [2.75, 3.05) is 34.7 Å². The van der Waals surface area contributed by atoms with Gasteiger partial charge in [0.2, 0.25) is 5.78 Å².